The van der Waals surface area contributed by atoms with E-state index in [1.165, 1.54) is 12.1 Å². The molecule has 1 unspecified atom stereocenters. The average molecular weight is 273 g/mol. The Morgan fingerprint density at radius 1 is 1.17 bits per heavy atom. The Kier molecular flexibility index (Phi) is 4.12. The average Bonchev–Trinajstić information content (AvgIpc) is 2.27. The molecule has 0 aliphatic heterocycles. The summed E-state index contributed by atoms with van der Waals surface area (Å²) in [6, 6.07) is 7.52. The Morgan fingerprint density at radius 3 is 2.11 bits per heavy atom. The molecule has 0 fully saturated rings. The van der Waals surface area contributed by atoms with E-state index in [2.05, 4.69) is 0 Å². The maximum absolute atomic E-state index is 14.0. The largest absolute Gasteiger partial charge is 0.456 e. The number of ketones is 1. The van der Waals surface area contributed by atoms with Crippen LogP contribution in [0.2, 0.25) is 0 Å². The second kappa shape index (κ2) is 5.06. The van der Waals surface area contributed by atoms with Gasteiger partial charge < -0.3 is 4.74 Å². The lowest BCUT2D eigenvalue weighted by molar-refractivity contribution is -0.161. The molecule has 18 heavy (non-hydrogen) atoms. The number of esters is 1. The van der Waals surface area contributed by atoms with Gasteiger partial charge in [-0.3, -0.25) is 4.79 Å². The van der Waals surface area contributed by atoms with Gasteiger partial charge >= 0.3 is 11.1 Å². The standard InChI is InChI=1S/C13H14ClFO3/c1-12(2,3)18-11(17)13(14,15)10(16)9-7-5-4-6-8-9/h4-8H,1-3H3. The van der Waals surface area contributed by atoms with Gasteiger partial charge in [0.05, 0.1) is 0 Å². The molecule has 0 saturated carbocycles. The molecule has 3 nitrogen and oxygen atoms in total. The zero-order chi connectivity index (χ0) is 14.0. The van der Waals surface area contributed by atoms with Crippen molar-refractivity contribution < 1.29 is 18.7 Å². The predicted molar refractivity (Wildman–Crippen MR) is 66.3 cm³/mol. The van der Waals surface area contributed by atoms with Crippen LogP contribution in [0, 0.1) is 0 Å². The quantitative estimate of drug-likeness (QED) is 0.367. The molecular weight excluding hydrogens is 259 g/mol. The van der Waals surface area contributed by atoms with E-state index in [-0.39, 0.29) is 5.56 Å². The molecule has 0 bridgehead atoms. The van der Waals surface area contributed by atoms with Gasteiger partial charge in [0, 0.05) is 5.56 Å². The topological polar surface area (TPSA) is 43.4 Å². The Labute approximate surface area is 110 Å². The lowest BCUT2D eigenvalue weighted by Gasteiger charge is -2.23. The number of Topliss-reactive ketones (excluding diaryl/α,β-unsaturated/α-hetero) is 1. The van der Waals surface area contributed by atoms with Crippen molar-refractivity contribution >= 4 is 23.4 Å². The third kappa shape index (κ3) is 3.53. The minimum atomic E-state index is -3.20. The van der Waals surface area contributed by atoms with Crippen LogP contribution >= 0.6 is 11.6 Å². The van der Waals surface area contributed by atoms with Gasteiger partial charge in [0.25, 0.3) is 0 Å². The number of carbonyl (C=O) groups excluding carboxylic acids is 2. The summed E-state index contributed by atoms with van der Waals surface area (Å²) in [4.78, 5) is 23.3. The van der Waals surface area contributed by atoms with Crippen LogP contribution in [0.15, 0.2) is 30.3 Å². The normalized spacial score (nSPS) is 14.7. The molecule has 0 aromatic heterocycles. The van der Waals surface area contributed by atoms with Crippen molar-refractivity contribution in [3.8, 4) is 0 Å². The van der Waals surface area contributed by atoms with E-state index in [1.807, 2.05) is 0 Å². The SMILES string of the molecule is CC(C)(C)OC(=O)C(F)(Cl)C(=O)c1ccccc1. The molecule has 0 aliphatic rings. The van der Waals surface area contributed by atoms with Gasteiger partial charge in [-0.2, -0.15) is 0 Å². The Morgan fingerprint density at radius 2 is 1.67 bits per heavy atom. The van der Waals surface area contributed by atoms with Crippen LogP contribution in [0.4, 0.5) is 4.39 Å². The van der Waals surface area contributed by atoms with Crippen molar-refractivity contribution in [3.05, 3.63) is 35.9 Å². The number of alkyl halides is 2. The molecule has 0 heterocycles. The highest BCUT2D eigenvalue weighted by molar-refractivity contribution is 6.46. The number of ether oxygens (including phenoxy) is 1. The first-order chi connectivity index (χ1) is 8.14. The first-order valence-corrected chi connectivity index (χ1v) is 5.73. The molecule has 5 heteroatoms. The first kappa shape index (κ1) is 14.6. The van der Waals surface area contributed by atoms with Gasteiger partial charge in [-0.25, -0.2) is 9.18 Å². The molecule has 1 aromatic rings. The van der Waals surface area contributed by atoms with Crippen molar-refractivity contribution in [2.45, 2.75) is 31.5 Å². The molecule has 1 rings (SSSR count). The van der Waals surface area contributed by atoms with Crippen LogP contribution in [0.25, 0.3) is 0 Å². The van der Waals surface area contributed by atoms with E-state index >= 15 is 0 Å². The highest BCUT2D eigenvalue weighted by Crippen LogP contribution is 2.27. The monoisotopic (exact) mass is 272 g/mol. The van der Waals surface area contributed by atoms with Crippen molar-refractivity contribution in [2.24, 2.45) is 0 Å². The zero-order valence-electron chi connectivity index (χ0n) is 10.4. The first-order valence-electron chi connectivity index (χ1n) is 5.36. The summed E-state index contributed by atoms with van der Waals surface area (Å²) in [6.45, 7) is 4.68. The third-order valence-electron chi connectivity index (χ3n) is 1.98. The van der Waals surface area contributed by atoms with E-state index < -0.39 is 22.5 Å². The summed E-state index contributed by atoms with van der Waals surface area (Å²) in [5.41, 5.74) is -0.902. The fourth-order valence-corrected chi connectivity index (χ4v) is 1.35. The summed E-state index contributed by atoms with van der Waals surface area (Å²) >= 11 is 5.39. The van der Waals surface area contributed by atoms with Gasteiger partial charge in [0.15, 0.2) is 0 Å². The van der Waals surface area contributed by atoms with Gasteiger partial charge in [-0.05, 0) is 20.8 Å². The lowest BCUT2D eigenvalue weighted by Crippen LogP contribution is -2.41. The van der Waals surface area contributed by atoms with Crippen LogP contribution in [0.3, 0.4) is 0 Å². The van der Waals surface area contributed by atoms with Gasteiger partial charge in [0.2, 0.25) is 5.78 Å². The number of carbonyl (C=O) groups is 2. The summed E-state index contributed by atoms with van der Waals surface area (Å²) in [5, 5.41) is -3.20. The van der Waals surface area contributed by atoms with Crippen molar-refractivity contribution in [3.63, 3.8) is 0 Å². The number of rotatable bonds is 3. The summed E-state index contributed by atoms with van der Waals surface area (Å²) in [7, 11) is 0. The predicted octanol–water partition coefficient (Wildman–Crippen LogP) is 3.12. The van der Waals surface area contributed by atoms with Crippen LogP contribution in [-0.2, 0) is 9.53 Å². The fourth-order valence-electron chi connectivity index (χ4n) is 1.21. The molecular formula is C13H14ClFO3. The van der Waals surface area contributed by atoms with Crippen LogP contribution in [0.5, 0.6) is 0 Å². The van der Waals surface area contributed by atoms with E-state index in [9.17, 15) is 14.0 Å². The van der Waals surface area contributed by atoms with Crippen molar-refractivity contribution in [1.82, 2.24) is 0 Å². The van der Waals surface area contributed by atoms with Crippen LogP contribution in [0.1, 0.15) is 31.1 Å². The molecule has 0 saturated heterocycles. The smallest absolute Gasteiger partial charge is 0.368 e. The van der Waals surface area contributed by atoms with E-state index in [0.717, 1.165) is 0 Å². The number of hydrogen-bond donors (Lipinski definition) is 0. The molecule has 0 radical (unpaired) electrons. The highest BCUT2D eigenvalue weighted by atomic mass is 35.5. The Bertz CT molecular complexity index is 449. The highest BCUT2D eigenvalue weighted by Gasteiger charge is 2.48. The van der Waals surface area contributed by atoms with Gasteiger partial charge in [0.1, 0.15) is 5.60 Å². The Hall–Kier alpha value is -1.42. The molecule has 0 amide bonds. The summed E-state index contributed by atoms with van der Waals surface area (Å²) < 4.78 is 18.8. The molecule has 0 aliphatic carbocycles. The molecule has 0 N–H and O–H groups in total. The maximum Gasteiger partial charge on any atom is 0.368 e. The Balaban J connectivity index is 2.93. The fraction of sp³-hybridized carbons (Fsp3) is 0.385. The molecule has 1 atom stereocenters. The molecule has 1 aromatic carbocycles. The van der Waals surface area contributed by atoms with E-state index in [4.69, 9.17) is 16.3 Å². The second-order valence-electron chi connectivity index (χ2n) is 4.77. The number of hydrogen-bond acceptors (Lipinski definition) is 3. The zero-order valence-corrected chi connectivity index (χ0v) is 11.1. The molecule has 98 valence electrons. The maximum atomic E-state index is 14.0. The van der Waals surface area contributed by atoms with Crippen molar-refractivity contribution in [2.75, 3.05) is 0 Å². The summed E-state index contributed by atoms with van der Waals surface area (Å²) in [6.07, 6.45) is 0. The van der Waals surface area contributed by atoms with Gasteiger partial charge in [-0.1, -0.05) is 41.9 Å². The van der Waals surface area contributed by atoms with Crippen LogP contribution < -0.4 is 0 Å². The minimum absolute atomic E-state index is 0.0147. The van der Waals surface area contributed by atoms with E-state index in [0.29, 0.717) is 0 Å². The molecule has 0 spiro atoms. The lowest BCUT2D eigenvalue weighted by atomic mass is 10.1. The second-order valence-corrected chi connectivity index (χ2v) is 5.29. The minimum Gasteiger partial charge on any atom is -0.456 e. The van der Waals surface area contributed by atoms with Crippen molar-refractivity contribution in [1.29, 1.82) is 0 Å². The van der Waals surface area contributed by atoms with Crippen LogP contribution in [-0.4, -0.2) is 22.5 Å². The number of halogens is 2. The van der Waals surface area contributed by atoms with E-state index in [1.54, 1.807) is 39.0 Å². The third-order valence-corrected chi connectivity index (χ3v) is 2.30. The number of benzene rings is 1. The summed E-state index contributed by atoms with van der Waals surface area (Å²) in [5.74, 6) is -2.52. The van der Waals surface area contributed by atoms with Gasteiger partial charge in [-0.15, -0.1) is 0 Å².